The van der Waals surface area contributed by atoms with Crippen LogP contribution >= 0.6 is 0 Å². The minimum Gasteiger partial charge on any atom is -0.481 e. The molecule has 0 aromatic rings. The Morgan fingerprint density at radius 1 is 0.500 bits per heavy atom. The molecule has 0 saturated carbocycles. The van der Waals surface area contributed by atoms with Crippen LogP contribution in [0.2, 0.25) is 0 Å². The van der Waals surface area contributed by atoms with Crippen LogP contribution in [0, 0.1) is 11.3 Å². The van der Waals surface area contributed by atoms with Crippen LogP contribution in [0.1, 0.15) is 181 Å². The topological polar surface area (TPSA) is 74.6 Å². The first kappa shape index (κ1) is 34.9. The Morgan fingerprint density at radius 2 is 0.806 bits per heavy atom. The van der Waals surface area contributed by atoms with E-state index in [1.807, 2.05) is 0 Å². The highest BCUT2D eigenvalue weighted by molar-refractivity contribution is 5.83. The fourth-order valence-electron chi connectivity index (χ4n) is 5.75. The number of rotatable bonds is 28. The summed E-state index contributed by atoms with van der Waals surface area (Å²) in [6.07, 6.45) is 26.9. The molecule has 0 aliphatic rings. The number of hydrogen-bond donors (Lipinski definition) is 2. The molecule has 2 unspecified atom stereocenters. The molecule has 0 bridgehead atoms. The third-order valence-corrected chi connectivity index (χ3v) is 8.19. The normalized spacial score (nSPS) is 14.0. The van der Waals surface area contributed by atoms with Gasteiger partial charge in [-0.3, -0.25) is 9.59 Å². The molecule has 2 N–H and O–H groups in total. The minimum absolute atomic E-state index is 0.503. The van der Waals surface area contributed by atoms with Crippen molar-refractivity contribution in [3.63, 3.8) is 0 Å². The molecular formula is C32H62O4. The average Bonchev–Trinajstić information content (AvgIpc) is 2.85. The molecule has 0 rings (SSSR count). The van der Waals surface area contributed by atoms with Gasteiger partial charge in [0.05, 0.1) is 11.3 Å². The quantitative estimate of drug-likeness (QED) is 0.103. The van der Waals surface area contributed by atoms with Crippen LogP contribution in [0.3, 0.4) is 0 Å². The van der Waals surface area contributed by atoms with Gasteiger partial charge < -0.3 is 10.2 Å². The summed E-state index contributed by atoms with van der Waals surface area (Å²) in [5.74, 6) is -2.55. The van der Waals surface area contributed by atoms with Crippen LogP contribution in [-0.2, 0) is 9.59 Å². The molecule has 36 heavy (non-hydrogen) atoms. The molecule has 0 aliphatic heterocycles. The predicted octanol–water partition coefficient (Wildman–Crippen LogP) is 10.6. The maximum atomic E-state index is 12.7. The molecule has 0 amide bonds. The number of hydrogen-bond acceptors (Lipinski definition) is 2. The Kier molecular flexibility index (Phi) is 23.6. The zero-order valence-electron chi connectivity index (χ0n) is 24.5. The largest absolute Gasteiger partial charge is 0.481 e. The van der Waals surface area contributed by atoms with Gasteiger partial charge in [-0.1, -0.05) is 162 Å². The van der Waals surface area contributed by atoms with E-state index in [0.29, 0.717) is 19.3 Å². The highest BCUT2D eigenvalue weighted by atomic mass is 16.4. The summed E-state index contributed by atoms with van der Waals surface area (Å²) in [6, 6.07) is 0. The highest BCUT2D eigenvalue weighted by Crippen LogP contribution is 2.42. The van der Waals surface area contributed by atoms with Gasteiger partial charge in [0, 0.05) is 0 Å². The zero-order chi connectivity index (χ0) is 26.9. The monoisotopic (exact) mass is 510 g/mol. The maximum Gasteiger partial charge on any atom is 0.310 e. The lowest BCUT2D eigenvalue weighted by molar-refractivity contribution is -0.165. The van der Waals surface area contributed by atoms with E-state index in [2.05, 4.69) is 20.8 Å². The van der Waals surface area contributed by atoms with Crippen LogP contribution in [0.15, 0.2) is 0 Å². The standard InChI is InChI=1S/C32H62O4/c1-4-7-10-13-15-16-17-18-19-20-21-23-26-29(30(33)34)32(31(35)36,27-24-12-9-6-3)28-25-22-14-11-8-5-2/h29H,4-28H2,1-3H3,(H,33,34)(H,35,36). The lowest BCUT2D eigenvalue weighted by Gasteiger charge is -2.35. The molecule has 4 nitrogen and oxygen atoms in total. The number of carboxylic acids is 2. The van der Waals surface area contributed by atoms with Crippen molar-refractivity contribution in [2.24, 2.45) is 11.3 Å². The smallest absolute Gasteiger partial charge is 0.310 e. The third kappa shape index (κ3) is 16.6. The van der Waals surface area contributed by atoms with Crippen molar-refractivity contribution in [3.05, 3.63) is 0 Å². The lowest BCUT2D eigenvalue weighted by Crippen LogP contribution is -2.43. The Morgan fingerprint density at radius 3 is 1.14 bits per heavy atom. The summed E-state index contributed by atoms with van der Waals surface area (Å²) < 4.78 is 0. The van der Waals surface area contributed by atoms with Gasteiger partial charge in [0.2, 0.25) is 0 Å². The second-order valence-electron chi connectivity index (χ2n) is 11.4. The summed E-state index contributed by atoms with van der Waals surface area (Å²) in [6.45, 7) is 6.59. The molecule has 4 heteroatoms. The van der Waals surface area contributed by atoms with E-state index in [0.717, 1.165) is 64.2 Å². The van der Waals surface area contributed by atoms with Gasteiger partial charge in [-0.05, 0) is 19.3 Å². The Balaban J connectivity index is 4.71. The first-order chi connectivity index (χ1) is 17.5. The van der Waals surface area contributed by atoms with E-state index in [4.69, 9.17) is 0 Å². The van der Waals surface area contributed by atoms with Crippen molar-refractivity contribution in [2.75, 3.05) is 0 Å². The van der Waals surface area contributed by atoms with Gasteiger partial charge in [0.15, 0.2) is 0 Å². The van der Waals surface area contributed by atoms with E-state index < -0.39 is 23.3 Å². The van der Waals surface area contributed by atoms with Gasteiger partial charge in [-0.2, -0.15) is 0 Å². The molecule has 2 atom stereocenters. The van der Waals surface area contributed by atoms with Crippen LogP contribution in [0.5, 0.6) is 0 Å². The Hall–Kier alpha value is -1.06. The lowest BCUT2D eigenvalue weighted by atomic mass is 9.66. The second-order valence-corrected chi connectivity index (χ2v) is 11.4. The van der Waals surface area contributed by atoms with Gasteiger partial charge in [0.1, 0.15) is 0 Å². The molecule has 0 saturated heterocycles. The molecule has 0 radical (unpaired) electrons. The Bertz CT molecular complexity index is 518. The van der Waals surface area contributed by atoms with Crippen molar-refractivity contribution in [2.45, 2.75) is 181 Å². The zero-order valence-corrected chi connectivity index (χ0v) is 24.5. The van der Waals surface area contributed by atoms with Gasteiger partial charge in [0.25, 0.3) is 0 Å². The number of carbonyl (C=O) groups is 2. The molecule has 214 valence electrons. The molecule has 0 heterocycles. The minimum atomic E-state index is -1.11. The maximum absolute atomic E-state index is 12.7. The molecule has 0 aliphatic carbocycles. The van der Waals surface area contributed by atoms with Crippen molar-refractivity contribution in [3.8, 4) is 0 Å². The second kappa shape index (κ2) is 24.3. The van der Waals surface area contributed by atoms with Crippen LogP contribution < -0.4 is 0 Å². The van der Waals surface area contributed by atoms with E-state index in [1.54, 1.807) is 0 Å². The van der Waals surface area contributed by atoms with Crippen molar-refractivity contribution in [1.82, 2.24) is 0 Å². The summed E-state index contributed by atoms with van der Waals surface area (Å²) in [5, 5.41) is 20.5. The fraction of sp³-hybridized carbons (Fsp3) is 0.938. The molecule has 0 spiro atoms. The van der Waals surface area contributed by atoms with Crippen molar-refractivity contribution >= 4 is 11.9 Å². The van der Waals surface area contributed by atoms with Crippen molar-refractivity contribution in [1.29, 1.82) is 0 Å². The van der Waals surface area contributed by atoms with Gasteiger partial charge in [-0.15, -0.1) is 0 Å². The fourth-order valence-corrected chi connectivity index (χ4v) is 5.75. The first-order valence-electron chi connectivity index (χ1n) is 15.9. The van der Waals surface area contributed by atoms with Crippen molar-refractivity contribution < 1.29 is 19.8 Å². The molecule has 0 aromatic heterocycles. The summed E-state index contributed by atoms with van der Waals surface area (Å²) in [5.41, 5.74) is -1.11. The van der Waals surface area contributed by atoms with Gasteiger partial charge in [-0.25, -0.2) is 0 Å². The molecule has 0 aromatic carbocycles. The highest BCUT2D eigenvalue weighted by Gasteiger charge is 2.48. The van der Waals surface area contributed by atoms with E-state index in [1.165, 1.54) is 77.0 Å². The average molecular weight is 511 g/mol. The van der Waals surface area contributed by atoms with E-state index in [9.17, 15) is 19.8 Å². The van der Waals surface area contributed by atoms with E-state index >= 15 is 0 Å². The van der Waals surface area contributed by atoms with Crippen LogP contribution in [0.4, 0.5) is 0 Å². The summed E-state index contributed by atoms with van der Waals surface area (Å²) >= 11 is 0. The summed E-state index contributed by atoms with van der Waals surface area (Å²) in [7, 11) is 0. The predicted molar refractivity (Wildman–Crippen MR) is 154 cm³/mol. The van der Waals surface area contributed by atoms with Gasteiger partial charge >= 0.3 is 11.9 Å². The SMILES string of the molecule is CCCCCCCCCCCCCCC(C(=O)O)C(CCCCCC)(CCCCCCCC)C(=O)O. The third-order valence-electron chi connectivity index (χ3n) is 8.19. The number of aliphatic carboxylic acids is 2. The Labute approximate surface area is 224 Å². The van der Waals surface area contributed by atoms with E-state index in [-0.39, 0.29) is 0 Å². The van der Waals surface area contributed by atoms with Crippen LogP contribution in [0.25, 0.3) is 0 Å². The van der Waals surface area contributed by atoms with Crippen LogP contribution in [-0.4, -0.2) is 22.2 Å². The number of unbranched alkanes of at least 4 members (excludes halogenated alkanes) is 19. The summed E-state index contributed by atoms with van der Waals surface area (Å²) in [4.78, 5) is 25.0. The molecule has 0 fully saturated rings. The first-order valence-corrected chi connectivity index (χ1v) is 15.9. The number of carboxylic acid groups (broad SMARTS) is 2. The molecular weight excluding hydrogens is 448 g/mol.